The average molecular weight is 525 g/mol. The van der Waals surface area contributed by atoms with Crippen molar-refractivity contribution in [3.8, 4) is 17.3 Å². The maximum atomic E-state index is 9.24. The Morgan fingerprint density at radius 2 is 1.62 bits per heavy atom. The summed E-state index contributed by atoms with van der Waals surface area (Å²) in [5, 5.41) is 9.24. The quantitative estimate of drug-likeness (QED) is 0.401. The van der Waals surface area contributed by atoms with Crippen molar-refractivity contribution in [1.29, 1.82) is 5.26 Å². The van der Waals surface area contributed by atoms with Crippen LogP contribution in [0.25, 0.3) is 11.3 Å². The van der Waals surface area contributed by atoms with E-state index < -0.39 is 0 Å². The maximum absolute atomic E-state index is 9.24. The molecule has 7 rings (SSSR count). The summed E-state index contributed by atoms with van der Waals surface area (Å²) in [7, 11) is 0. The predicted octanol–water partition coefficient (Wildman–Crippen LogP) is 8.62. The summed E-state index contributed by atoms with van der Waals surface area (Å²) in [6.45, 7) is 0. The summed E-state index contributed by atoms with van der Waals surface area (Å²) in [5.41, 5.74) is 11.1. The van der Waals surface area contributed by atoms with Gasteiger partial charge in [-0.2, -0.15) is 5.26 Å². The van der Waals surface area contributed by atoms with E-state index in [0.29, 0.717) is 17.7 Å². The van der Waals surface area contributed by atoms with Crippen LogP contribution in [0.3, 0.4) is 0 Å². The highest BCUT2D eigenvalue weighted by molar-refractivity contribution is 5.60. The first-order valence-electron chi connectivity index (χ1n) is 15.0. The smallest absolute Gasteiger partial charge is 0.141 e. The van der Waals surface area contributed by atoms with Crippen LogP contribution in [0.5, 0.6) is 0 Å². The lowest BCUT2D eigenvalue weighted by molar-refractivity contribution is 0.203. The second kappa shape index (κ2) is 10.8. The van der Waals surface area contributed by atoms with Gasteiger partial charge in [-0.05, 0) is 99.6 Å². The summed E-state index contributed by atoms with van der Waals surface area (Å²) in [6, 6.07) is 17.3. The highest BCUT2D eigenvalue weighted by Gasteiger charge is 2.38. The van der Waals surface area contributed by atoms with Gasteiger partial charge in [0.05, 0.1) is 17.1 Å². The monoisotopic (exact) mass is 524 g/mol. The molecule has 1 saturated carbocycles. The Morgan fingerprint density at radius 3 is 2.42 bits per heavy atom. The van der Waals surface area contributed by atoms with Crippen LogP contribution in [-0.2, 0) is 0 Å². The van der Waals surface area contributed by atoms with Crippen molar-refractivity contribution in [2.45, 2.75) is 76.2 Å². The third kappa shape index (κ3) is 4.54. The van der Waals surface area contributed by atoms with Crippen molar-refractivity contribution in [3.63, 3.8) is 0 Å². The summed E-state index contributed by atoms with van der Waals surface area (Å²) in [4.78, 5) is 9.89. The van der Waals surface area contributed by atoms with E-state index >= 15 is 0 Å². The Balaban J connectivity index is 1.19. The summed E-state index contributed by atoms with van der Waals surface area (Å²) in [5.74, 6) is 0.551. The lowest BCUT2D eigenvalue weighted by Crippen LogP contribution is -2.44. The number of allylic oxidation sites excluding steroid dienone is 10. The van der Waals surface area contributed by atoms with Crippen LogP contribution in [0.1, 0.15) is 81.4 Å². The molecular weight excluding hydrogens is 488 g/mol. The molecule has 2 aromatic rings. The molecule has 0 spiro atoms. The largest absolute Gasteiger partial charge is 0.339 e. The van der Waals surface area contributed by atoms with Gasteiger partial charge in [0.15, 0.2) is 0 Å². The van der Waals surface area contributed by atoms with Crippen LogP contribution in [0, 0.1) is 11.3 Å². The van der Waals surface area contributed by atoms with E-state index in [0.717, 1.165) is 49.8 Å². The number of benzene rings is 1. The molecule has 4 aliphatic carbocycles. The minimum Gasteiger partial charge on any atom is -0.339 e. The zero-order valence-electron chi connectivity index (χ0n) is 23.1. The zero-order valence-corrected chi connectivity index (χ0v) is 23.1. The molecule has 200 valence electrons. The van der Waals surface area contributed by atoms with Crippen LogP contribution in [-0.4, -0.2) is 20.8 Å². The van der Waals surface area contributed by atoms with Gasteiger partial charge in [0.1, 0.15) is 11.8 Å². The van der Waals surface area contributed by atoms with Crippen LogP contribution >= 0.6 is 0 Å². The topological polar surface area (TPSA) is 43.2 Å². The number of pyridine rings is 1. The van der Waals surface area contributed by atoms with Crippen LogP contribution in [0.4, 0.5) is 0 Å². The second-order valence-electron chi connectivity index (χ2n) is 11.5. The van der Waals surface area contributed by atoms with Crippen LogP contribution in [0.15, 0.2) is 113 Å². The van der Waals surface area contributed by atoms with E-state index in [9.17, 15) is 5.26 Å². The number of nitrogens with zero attached hydrogens (tertiary/aromatic N) is 4. The summed E-state index contributed by atoms with van der Waals surface area (Å²) >= 11 is 0. The van der Waals surface area contributed by atoms with Crippen molar-refractivity contribution in [1.82, 2.24) is 14.8 Å². The standard InChI is InChI=1S/C36H36N4/c37-25-29-11-9-15-32(38-29)27-22-20-26(21-23-27)28-10-8-14-31(24-28)40-35-18-6-4-16-33(35)39(30-12-2-1-3-13-30)34-17-5-7-19-36(34)40/h1-2,4,7,9,11-12,15-16,19-23,28,31H,3,5-6,8,10,13-14,17-18,24H2. The van der Waals surface area contributed by atoms with Gasteiger partial charge in [0.2, 0.25) is 0 Å². The lowest BCUT2D eigenvalue weighted by atomic mass is 9.79. The van der Waals surface area contributed by atoms with Gasteiger partial charge in [-0.3, -0.25) is 0 Å². The SMILES string of the molecule is N#Cc1cccc(-c2ccc(C3CCCC(N4C5=C(CCC=C5)N(C5=CC=CCC5)C5=C4CCC=C5)C3)cc2)n1. The summed E-state index contributed by atoms with van der Waals surface area (Å²) < 4.78 is 0. The molecule has 0 N–H and O–H groups in total. The molecule has 1 aromatic heterocycles. The van der Waals surface area contributed by atoms with Crippen molar-refractivity contribution in [3.05, 3.63) is 125 Å². The highest BCUT2D eigenvalue weighted by atomic mass is 15.3. The van der Waals surface area contributed by atoms with Gasteiger partial charge in [0, 0.05) is 28.7 Å². The first-order chi connectivity index (χ1) is 19.8. The molecule has 1 aliphatic heterocycles. The Labute approximate surface area is 238 Å². The van der Waals surface area contributed by atoms with Crippen molar-refractivity contribution < 1.29 is 0 Å². The average Bonchev–Trinajstić information content (AvgIpc) is 3.04. The minimum absolute atomic E-state index is 0.463. The van der Waals surface area contributed by atoms with Crippen molar-refractivity contribution >= 4 is 0 Å². The van der Waals surface area contributed by atoms with Gasteiger partial charge < -0.3 is 9.80 Å². The number of nitriles is 1. The molecule has 4 nitrogen and oxygen atoms in total. The van der Waals surface area contributed by atoms with Gasteiger partial charge >= 0.3 is 0 Å². The number of hydrogen-bond acceptors (Lipinski definition) is 4. The molecule has 0 bridgehead atoms. The molecule has 2 heterocycles. The minimum atomic E-state index is 0.463. The molecule has 0 amide bonds. The molecule has 0 saturated heterocycles. The van der Waals surface area contributed by atoms with E-state index in [-0.39, 0.29) is 0 Å². The molecule has 1 aromatic carbocycles. The molecule has 2 unspecified atom stereocenters. The molecule has 0 radical (unpaired) electrons. The highest BCUT2D eigenvalue weighted by Crippen LogP contribution is 2.47. The molecular formula is C36H36N4. The van der Waals surface area contributed by atoms with Gasteiger partial charge in [-0.1, -0.05) is 61.1 Å². The Morgan fingerprint density at radius 1 is 0.825 bits per heavy atom. The summed E-state index contributed by atoms with van der Waals surface area (Å²) in [6.07, 6.45) is 28.1. The van der Waals surface area contributed by atoms with Crippen LogP contribution < -0.4 is 0 Å². The third-order valence-corrected chi connectivity index (χ3v) is 9.13. The molecule has 4 heteroatoms. The Kier molecular flexibility index (Phi) is 6.73. The fourth-order valence-corrected chi connectivity index (χ4v) is 7.27. The lowest BCUT2D eigenvalue weighted by Gasteiger charge is -2.49. The number of hydrogen-bond donors (Lipinski definition) is 0. The van der Waals surface area contributed by atoms with E-state index in [1.54, 1.807) is 6.07 Å². The molecule has 1 fully saturated rings. The Hall–Kier alpha value is -4.10. The van der Waals surface area contributed by atoms with Gasteiger partial charge in [0.25, 0.3) is 0 Å². The fraction of sp³-hybridized carbons (Fsp3) is 0.333. The number of aromatic nitrogens is 1. The Bertz CT molecular complexity index is 1530. The van der Waals surface area contributed by atoms with E-state index in [1.807, 2.05) is 12.1 Å². The van der Waals surface area contributed by atoms with Crippen molar-refractivity contribution in [2.24, 2.45) is 0 Å². The predicted molar refractivity (Wildman–Crippen MR) is 160 cm³/mol. The van der Waals surface area contributed by atoms with Crippen LogP contribution in [0.2, 0.25) is 0 Å². The molecule has 2 atom stereocenters. The van der Waals surface area contributed by atoms with Gasteiger partial charge in [-0.15, -0.1) is 0 Å². The first kappa shape index (κ1) is 24.9. The van der Waals surface area contributed by atoms with E-state index in [2.05, 4.69) is 87.7 Å². The van der Waals surface area contributed by atoms with E-state index in [4.69, 9.17) is 0 Å². The van der Waals surface area contributed by atoms with E-state index in [1.165, 1.54) is 59.7 Å². The van der Waals surface area contributed by atoms with Crippen molar-refractivity contribution in [2.75, 3.05) is 0 Å². The molecule has 5 aliphatic rings. The normalized spacial score (nSPS) is 24.0. The second-order valence-corrected chi connectivity index (χ2v) is 11.5. The molecule has 40 heavy (non-hydrogen) atoms. The maximum Gasteiger partial charge on any atom is 0.141 e. The van der Waals surface area contributed by atoms with Gasteiger partial charge in [-0.25, -0.2) is 4.98 Å². The number of rotatable bonds is 4. The fourth-order valence-electron chi connectivity index (χ4n) is 7.27. The first-order valence-corrected chi connectivity index (χ1v) is 15.0. The zero-order chi connectivity index (χ0) is 26.9. The third-order valence-electron chi connectivity index (χ3n) is 9.13.